The molecule has 3 nitrogen and oxygen atoms in total. The van der Waals surface area contributed by atoms with Crippen molar-refractivity contribution in [3.63, 3.8) is 0 Å². The van der Waals surface area contributed by atoms with Gasteiger partial charge in [-0.1, -0.05) is 0 Å². The minimum absolute atomic E-state index is 0.168. The Hall–Kier alpha value is -3.21. The van der Waals surface area contributed by atoms with Crippen molar-refractivity contribution in [1.82, 2.24) is 9.55 Å². The first-order chi connectivity index (χ1) is 13.6. The van der Waals surface area contributed by atoms with E-state index in [1.54, 1.807) is 18.3 Å². The molecule has 2 aromatic carbocycles. The second kappa shape index (κ2) is 6.44. The molecule has 5 rings (SSSR count). The van der Waals surface area contributed by atoms with Crippen LogP contribution < -0.4 is 5.56 Å². The number of H-pyrrole nitrogens is 1. The van der Waals surface area contributed by atoms with Gasteiger partial charge in [0.1, 0.15) is 11.6 Å². The summed E-state index contributed by atoms with van der Waals surface area (Å²) in [6.07, 6.45) is 6.63. The third-order valence-corrected chi connectivity index (χ3v) is 5.55. The van der Waals surface area contributed by atoms with Crippen molar-refractivity contribution in [2.45, 2.75) is 25.8 Å². The van der Waals surface area contributed by atoms with Gasteiger partial charge in [0.05, 0.1) is 6.54 Å². The molecule has 1 aliphatic carbocycles. The molecule has 28 heavy (non-hydrogen) atoms. The molecule has 2 heterocycles. The molecule has 0 bridgehead atoms. The van der Waals surface area contributed by atoms with Gasteiger partial charge in [-0.2, -0.15) is 0 Å². The van der Waals surface area contributed by atoms with E-state index in [1.807, 2.05) is 10.8 Å². The van der Waals surface area contributed by atoms with Crippen molar-refractivity contribution in [2.75, 3.05) is 0 Å². The van der Waals surface area contributed by atoms with Crippen molar-refractivity contribution in [3.05, 3.63) is 93.5 Å². The summed E-state index contributed by atoms with van der Waals surface area (Å²) in [6, 6.07) is 11.4. The van der Waals surface area contributed by atoms with Gasteiger partial charge < -0.3 is 9.55 Å². The molecule has 1 N–H and O–H groups in total. The molecule has 0 aliphatic heterocycles. The fourth-order valence-corrected chi connectivity index (χ4v) is 4.19. The van der Waals surface area contributed by atoms with E-state index < -0.39 is 11.6 Å². The highest BCUT2D eigenvalue weighted by Gasteiger charge is 2.19. The van der Waals surface area contributed by atoms with Crippen LogP contribution in [0.15, 0.2) is 59.7 Å². The fourth-order valence-electron chi connectivity index (χ4n) is 4.19. The van der Waals surface area contributed by atoms with Crippen LogP contribution in [0.1, 0.15) is 23.1 Å². The van der Waals surface area contributed by atoms with Gasteiger partial charge in [0.2, 0.25) is 0 Å². The molecular weight excluding hydrogens is 358 g/mol. The summed E-state index contributed by atoms with van der Waals surface area (Å²) < 4.78 is 29.8. The number of halogens is 2. The number of aromatic amines is 1. The van der Waals surface area contributed by atoms with Crippen LogP contribution in [0.3, 0.4) is 0 Å². The van der Waals surface area contributed by atoms with Gasteiger partial charge >= 0.3 is 0 Å². The summed E-state index contributed by atoms with van der Waals surface area (Å²) in [6.45, 7) is 0.198. The number of benzene rings is 2. The van der Waals surface area contributed by atoms with Crippen molar-refractivity contribution in [1.29, 1.82) is 0 Å². The first-order valence-electron chi connectivity index (χ1n) is 9.37. The summed E-state index contributed by atoms with van der Waals surface area (Å²) in [4.78, 5) is 15.1. The Labute approximate surface area is 160 Å². The van der Waals surface area contributed by atoms with Gasteiger partial charge in [0, 0.05) is 40.0 Å². The minimum atomic E-state index is -0.464. The number of pyridine rings is 1. The van der Waals surface area contributed by atoms with E-state index >= 15 is 0 Å². The number of fused-ring (bicyclic) bond motifs is 2. The van der Waals surface area contributed by atoms with Crippen molar-refractivity contribution in [3.8, 4) is 11.1 Å². The Morgan fingerprint density at radius 1 is 1.00 bits per heavy atom. The highest BCUT2D eigenvalue weighted by molar-refractivity contribution is 5.97. The van der Waals surface area contributed by atoms with Gasteiger partial charge in [-0.15, -0.1) is 0 Å². The average molecular weight is 376 g/mol. The second-order valence-electron chi connectivity index (χ2n) is 7.31. The van der Waals surface area contributed by atoms with Gasteiger partial charge in [-0.05, 0) is 72.9 Å². The van der Waals surface area contributed by atoms with Crippen LogP contribution in [0.2, 0.25) is 0 Å². The summed E-state index contributed by atoms with van der Waals surface area (Å²) >= 11 is 0. The van der Waals surface area contributed by atoms with Crippen molar-refractivity contribution in [2.24, 2.45) is 0 Å². The SMILES string of the molecule is O=c1[nH]cccc1-c1cn(Cc2cc(F)ccc2F)c2cc3c(cc12)CCC3. The Bertz CT molecular complexity index is 1270. The quantitative estimate of drug-likeness (QED) is 0.547. The first kappa shape index (κ1) is 16.9. The predicted octanol–water partition coefficient (Wildman–Crippen LogP) is 4.81. The van der Waals surface area contributed by atoms with Crippen LogP contribution in [-0.2, 0) is 19.4 Å². The zero-order valence-electron chi connectivity index (χ0n) is 15.1. The maximum atomic E-state index is 14.2. The van der Waals surface area contributed by atoms with E-state index in [2.05, 4.69) is 17.1 Å². The molecule has 0 radical (unpaired) electrons. The molecule has 5 heteroatoms. The monoisotopic (exact) mass is 376 g/mol. The Morgan fingerprint density at radius 3 is 2.64 bits per heavy atom. The minimum Gasteiger partial charge on any atom is -0.342 e. The van der Waals surface area contributed by atoms with Crippen LogP contribution in [0.5, 0.6) is 0 Å². The number of aromatic nitrogens is 2. The lowest BCUT2D eigenvalue weighted by atomic mass is 10.0. The summed E-state index contributed by atoms with van der Waals surface area (Å²) in [5, 5.41) is 0.967. The molecule has 140 valence electrons. The van der Waals surface area contributed by atoms with E-state index in [9.17, 15) is 13.6 Å². The van der Waals surface area contributed by atoms with E-state index in [1.165, 1.54) is 17.2 Å². The molecule has 0 saturated heterocycles. The van der Waals surface area contributed by atoms with Gasteiger partial charge in [0.15, 0.2) is 0 Å². The first-order valence-corrected chi connectivity index (χ1v) is 9.37. The maximum absolute atomic E-state index is 14.2. The van der Waals surface area contributed by atoms with Gasteiger partial charge in [-0.3, -0.25) is 4.79 Å². The molecule has 0 unspecified atom stereocenters. The standard InChI is InChI=1S/C23H18F2N2O/c24-17-6-7-21(25)16(9-17)12-27-13-20(18-5-2-8-26-23(18)28)19-10-14-3-1-4-15(14)11-22(19)27/h2,5-11,13H,1,3-4,12H2,(H,26,28). The van der Waals surface area contributed by atoms with Crippen LogP contribution in [0, 0.1) is 11.6 Å². The Kier molecular flexibility index (Phi) is 3.90. The summed E-state index contributed by atoms with van der Waals surface area (Å²) in [7, 11) is 0. The van der Waals surface area contributed by atoms with Gasteiger partial charge in [0.25, 0.3) is 5.56 Å². The number of hydrogen-bond acceptors (Lipinski definition) is 1. The molecule has 0 spiro atoms. The molecule has 4 aromatic rings. The Balaban J connectivity index is 1.74. The lowest BCUT2D eigenvalue weighted by Gasteiger charge is -2.08. The van der Waals surface area contributed by atoms with E-state index in [4.69, 9.17) is 0 Å². The topological polar surface area (TPSA) is 37.8 Å². The Morgan fingerprint density at radius 2 is 1.82 bits per heavy atom. The van der Waals surface area contributed by atoms with Crippen LogP contribution in [-0.4, -0.2) is 9.55 Å². The third-order valence-electron chi connectivity index (χ3n) is 5.55. The highest BCUT2D eigenvalue weighted by Crippen LogP contribution is 2.34. The lowest BCUT2D eigenvalue weighted by Crippen LogP contribution is -2.06. The molecule has 2 aromatic heterocycles. The fraction of sp³-hybridized carbons (Fsp3) is 0.174. The highest BCUT2D eigenvalue weighted by atomic mass is 19.1. The maximum Gasteiger partial charge on any atom is 0.255 e. The molecule has 1 aliphatic rings. The van der Waals surface area contributed by atoms with Crippen LogP contribution in [0.4, 0.5) is 8.78 Å². The third kappa shape index (κ3) is 2.74. The van der Waals surface area contributed by atoms with Crippen LogP contribution >= 0.6 is 0 Å². The molecule has 0 amide bonds. The largest absolute Gasteiger partial charge is 0.342 e. The van der Waals surface area contributed by atoms with E-state index in [0.717, 1.165) is 47.9 Å². The zero-order chi connectivity index (χ0) is 19.3. The second-order valence-corrected chi connectivity index (χ2v) is 7.31. The smallest absolute Gasteiger partial charge is 0.255 e. The average Bonchev–Trinajstić information content (AvgIpc) is 3.28. The normalized spacial score (nSPS) is 13.2. The molecular formula is C23H18F2N2O. The van der Waals surface area contributed by atoms with E-state index in [0.29, 0.717) is 5.56 Å². The number of hydrogen-bond donors (Lipinski definition) is 1. The number of rotatable bonds is 3. The number of aryl methyl sites for hydroxylation is 2. The van der Waals surface area contributed by atoms with Crippen molar-refractivity contribution >= 4 is 10.9 Å². The predicted molar refractivity (Wildman–Crippen MR) is 105 cm³/mol. The summed E-state index contributed by atoms with van der Waals surface area (Å²) in [5.41, 5.74) is 5.02. The van der Waals surface area contributed by atoms with Gasteiger partial charge in [-0.25, -0.2) is 8.78 Å². The molecule has 0 saturated carbocycles. The van der Waals surface area contributed by atoms with E-state index in [-0.39, 0.29) is 17.7 Å². The number of nitrogens with zero attached hydrogens (tertiary/aromatic N) is 1. The summed E-state index contributed by atoms with van der Waals surface area (Å²) in [5.74, 6) is -0.906. The lowest BCUT2D eigenvalue weighted by molar-refractivity contribution is 0.579. The van der Waals surface area contributed by atoms with Crippen LogP contribution in [0.25, 0.3) is 22.0 Å². The number of nitrogens with one attached hydrogen (secondary N) is 1. The zero-order valence-corrected chi connectivity index (χ0v) is 15.1. The molecule has 0 atom stereocenters. The molecule has 0 fully saturated rings. The van der Waals surface area contributed by atoms with Crippen molar-refractivity contribution < 1.29 is 8.78 Å².